The number of nitrogens with zero attached hydrogens (tertiary/aromatic N) is 2. The van der Waals surface area contributed by atoms with Gasteiger partial charge in [-0.3, -0.25) is 9.59 Å². The SMILES string of the molecule is CC1CCN(C2=C(c3cccs3)C(=O)N(c3ccc(OC(C)C)cc3)C2=O)CC1. The molecule has 2 aliphatic heterocycles. The van der Waals surface area contributed by atoms with Gasteiger partial charge in [0.2, 0.25) is 0 Å². The highest BCUT2D eigenvalue weighted by atomic mass is 32.1. The van der Waals surface area contributed by atoms with Gasteiger partial charge in [-0.1, -0.05) is 13.0 Å². The fraction of sp³-hybridized carbons (Fsp3) is 0.391. The minimum atomic E-state index is -0.247. The summed E-state index contributed by atoms with van der Waals surface area (Å²) in [5.74, 6) is 0.891. The van der Waals surface area contributed by atoms with E-state index in [4.69, 9.17) is 4.74 Å². The molecule has 0 bridgehead atoms. The summed E-state index contributed by atoms with van der Waals surface area (Å²) in [6.07, 6.45) is 2.13. The van der Waals surface area contributed by atoms with E-state index in [0.717, 1.165) is 36.6 Å². The van der Waals surface area contributed by atoms with Crippen LogP contribution in [0.5, 0.6) is 5.75 Å². The summed E-state index contributed by atoms with van der Waals surface area (Å²) < 4.78 is 5.69. The average Bonchev–Trinajstić information content (AvgIpc) is 3.29. The van der Waals surface area contributed by atoms with Gasteiger partial charge in [0.05, 0.1) is 17.4 Å². The van der Waals surface area contributed by atoms with Crippen molar-refractivity contribution in [1.82, 2.24) is 4.90 Å². The highest BCUT2D eigenvalue weighted by molar-refractivity contribution is 7.11. The molecule has 29 heavy (non-hydrogen) atoms. The Hall–Kier alpha value is -2.60. The van der Waals surface area contributed by atoms with Gasteiger partial charge in [0.15, 0.2) is 0 Å². The maximum absolute atomic E-state index is 13.4. The third-order valence-electron chi connectivity index (χ3n) is 5.39. The summed E-state index contributed by atoms with van der Waals surface area (Å²) in [5, 5.41) is 1.94. The molecule has 3 heterocycles. The van der Waals surface area contributed by atoms with Crippen molar-refractivity contribution in [3.05, 3.63) is 52.4 Å². The zero-order valence-electron chi connectivity index (χ0n) is 17.1. The number of likely N-dealkylation sites (tertiary alicyclic amines) is 1. The van der Waals surface area contributed by atoms with Crippen LogP contribution in [0.2, 0.25) is 0 Å². The van der Waals surface area contributed by atoms with Gasteiger partial charge in [-0.2, -0.15) is 0 Å². The van der Waals surface area contributed by atoms with Gasteiger partial charge in [0.25, 0.3) is 11.8 Å². The number of piperidine rings is 1. The van der Waals surface area contributed by atoms with Crippen molar-refractivity contribution < 1.29 is 14.3 Å². The lowest BCUT2D eigenvalue weighted by molar-refractivity contribution is -0.120. The van der Waals surface area contributed by atoms with E-state index in [1.165, 1.54) is 16.2 Å². The van der Waals surface area contributed by atoms with Gasteiger partial charge < -0.3 is 9.64 Å². The van der Waals surface area contributed by atoms with Gasteiger partial charge in [-0.15, -0.1) is 11.3 Å². The van der Waals surface area contributed by atoms with Crippen LogP contribution in [0.3, 0.4) is 0 Å². The minimum Gasteiger partial charge on any atom is -0.491 e. The molecule has 5 nitrogen and oxygen atoms in total. The van der Waals surface area contributed by atoms with Crippen LogP contribution in [-0.4, -0.2) is 35.9 Å². The van der Waals surface area contributed by atoms with Crippen molar-refractivity contribution in [2.75, 3.05) is 18.0 Å². The van der Waals surface area contributed by atoms with E-state index in [2.05, 4.69) is 11.8 Å². The number of carbonyl (C=O) groups is 2. The first-order chi connectivity index (χ1) is 14.0. The number of benzene rings is 1. The summed E-state index contributed by atoms with van der Waals surface area (Å²) in [7, 11) is 0. The van der Waals surface area contributed by atoms with Gasteiger partial charge in [0.1, 0.15) is 11.4 Å². The number of imide groups is 1. The predicted octanol–water partition coefficient (Wildman–Crippen LogP) is 4.55. The molecule has 0 spiro atoms. The van der Waals surface area contributed by atoms with Crippen LogP contribution in [0, 0.1) is 5.92 Å². The zero-order valence-corrected chi connectivity index (χ0v) is 17.9. The van der Waals surface area contributed by atoms with Gasteiger partial charge in [-0.25, -0.2) is 4.90 Å². The molecule has 0 atom stereocenters. The van der Waals surface area contributed by atoms with E-state index >= 15 is 0 Å². The normalized spacial score (nSPS) is 18.3. The van der Waals surface area contributed by atoms with Gasteiger partial charge in [0, 0.05) is 18.0 Å². The van der Waals surface area contributed by atoms with Crippen molar-refractivity contribution in [1.29, 1.82) is 0 Å². The number of carbonyl (C=O) groups excluding carboxylic acids is 2. The second-order valence-corrected chi connectivity index (χ2v) is 8.92. The van der Waals surface area contributed by atoms with Crippen LogP contribution in [-0.2, 0) is 9.59 Å². The molecule has 2 aromatic rings. The summed E-state index contributed by atoms with van der Waals surface area (Å²) in [5.41, 5.74) is 1.65. The summed E-state index contributed by atoms with van der Waals surface area (Å²) in [6.45, 7) is 7.77. The molecule has 0 N–H and O–H groups in total. The summed E-state index contributed by atoms with van der Waals surface area (Å²) in [4.78, 5) is 31.1. The molecule has 6 heteroatoms. The van der Waals surface area contributed by atoms with Crippen LogP contribution in [0.4, 0.5) is 5.69 Å². The molecule has 2 amide bonds. The third kappa shape index (κ3) is 3.81. The van der Waals surface area contributed by atoms with Crippen LogP contribution >= 0.6 is 11.3 Å². The van der Waals surface area contributed by atoms with E-state index in [1.54, 1.807) is 24.3 Å². The van der Waals surface area contributed by atoms with Crippen LogP contribution in [0.25, 0.3) is 5.57 Å². The molecule has 1 fully saturated rings. The van der Waals surface area contributed by atoms with E-state index in [9.17, 15) is 9.59 Å². The number of amides is 2. The van der Waals surface area contributed by atoms with Gasteiger partial charge in [-0.05, 0) is 68.3 Å². The summed E-state index contributed by atoms with van der Waals surface area (Å²) in [6, 6.07) is 11.0. The molecule has 1 aromatic carbocycles. The number of ether oxygens (including phenoxy) is 1. The molecule has 1 aromatic heterocycles. The van der Waals surface area contributed by atoms with Crippen molar-refractivity contribution in [2.24, 2.45) is 5.92 Å². The molecule has 0 saturated carbocycles. The topological polar surface area (TPSA) is 49.9 Å². The molecule has 1 saturated heterocycles. The second kappa shape index (κ2) is 8.03. The Morgan fingerprint density at radius 3 is 2.31 bits per heavy atom. The second-order valence-electron chi connectivity index (χ2n) is 7.98. The van der Waals surface area contributed by atoms with Gasteiger partial charge >= 0.3 is 0 Å². The third-order valence-corrected chi connectivity index (χ3v) is 6.28. The predicted molar refractivity (Wildman–Crippen MR) is 116 cm³/mol. The molecule has 152 valence electrons. The van der Waals surface area contributed by atoms with Crippen molar-refractivity contribution in [3.63, 3.8) is 0 Å². The quantitative estimate of drug-likeness (QED) is 0.679. The van der Waals surface area contributed by atoms with Crippen molar-refractivity contribution >= 4 is 34.4 Å². The first-order valence-corrected chi connectivity index (χ1v) is 11.0. The average molecular weight is 411 g/mol. The molecule has 4 rings (SSSR count). The van der Waals surface area contributed by atoms with Crippen LogP contribution in [0.15, 0.2) is 47.5 Å². The Morgan fingerprint density at radius 2 is 1.72 bits per heavy atom. The van der Waals surface area contributed by atoms with Crippen molar-refractivity contribution in [2.45, 2.75) is 39.7 Å². The molecule has 0 radical (unpaired) electrons. The molecule has 0 aliphatic carbocycles. The molecular weight excluding hydrogens is 384 g/mol. The van der Waals surface area contributed by atoms with Crippen LogP contribution in [0.1, 0.15) is 38.5 Å². The molecule has 0 unspecified atom stereocenters. The monoisotopic (exact) mass is 410 g/mol. The standard InChI is InChI=1S/C23H26N2O3S/c1-15(2)28-18-8-6-17(7-9-18)25-22(26)20(19-5-4-14-29-19)21(23(25)27)24-12-10-16(3)11-13-24/h4-9,14-16H,10-13H2,1-3H3. The van der Waals surface area contributed by atoms with Crippen molar-refractivity contribution in [3.8, 4) is 5.75 Å². The lowest BCUT2D eigenvalue weighted by Gasteiger charge is -2.32. The number of thiophene rings is 1. The van der Waals surface area contributed by atoms with E-state index < -0.39 is 0 Å². The number of rotatable bonds is 5. The summed E-state index contributed by atoms with van der Waals surface area (Å²) >= 11 is 1.50. The fourth-order valence-corrected chi connectivity index (χ4v) is 4.63. The molecule has 2 aliphatic rings. The Bertz CT molecular complexity index is 924. The largest absolute Gasteiger partial charge is 0.491 e. The Balaban J connectivity index is 1.69. The minimum absolute atomic E-state index is 0.0658. The zero-order chi connectivity index (χ0) is 20.5. The van der Waals surface area contributed by atoms with E-state index in [0.29, 0.717) is 22.9 Å². The molecular formula is C23H26N2O3S. The maximum Gasteiger partial charge on any atom is 0.282 e. The Kier molecular flexibility index (Phi) is 5.46. The lowest BCUT2D eigenvalue weighted by Crippen LogP contribution is -2.38. The first kappa shape index (κ1) is 19.7. The Labute approximate surface area is 175 Å². The fourth-order valence-electron chi connectivity index (χ4n) is 3.87. The van der Waals surface area contributed by atoms with E-state index in [1.807, 2.05) is 31.4 Å². The lowest BCUT2D eigenvalue weighted by atomic mass is 9.98. The number of hydrogen-bond donors (Lipinski definition) is 0. The maximum atomic E-state index is 13.4. The smallest absolute Gasteiger partial charge is 0.282 e. The first-order valence-electron chi connectivity index (χ1n) is 10.1. The highest BCUT2D eigenvalue weighted by Gasteiger charge is 2.43. The van der Waals surface area contributed by atoms with Crippen LogP contribution < -0.4 is 9.64 Å². The highest BCUT2D eigenvalue weighted by Crippen LogP contribution is 2.38. The number of anilines is 1. The Morgan fingerprint density at radius 1 is 1.03 bits per heavy atom. The number of hydrogen-bond acceptors (Lipinski definition) is 5. The van der Waals surface area contributed by atoms with E-state index in [-0.39, 0.29) is 17.9 Å².